The van der Waals surface area contributed by atoms with Crippen LogP contribution in [-0.2, 0) is 9.53 Å². The monoisotopic (exact) mass is 318 g/mol. The maximum absolute atomic E-state index is 12.6. The van der Waals surface area contributed by atoms with Crippen LogP contribution in [-0.4, -0.2) is 38.4 Å². The number of methoxy groups -OCH3 is 1. The SMILES string of the molecule is COCC(N)C(=O)NCC1CCCC(C(F)(F)F)C1.Cl. The van der Waals surface area contributed by atoms with E-state index in [1.807, 2.05) is 0 Å². The first-order chi connectivity index (χ1) is 8.84. The van der Waals surface area contributed by atoms with Gasteiger partial charge < -0.3 is 15.8 Å². The van der Waals surface area contributed by atoms with Gasteiger partial charge in [0, 0.05) is 13.7 Å². The minimum absolute atomic E-state index is 0. The van der Waals surface area contributed by atoms with E-state index in [-0.39, 0.29) is 50.2 Å². The van der Waals surface area contributed by atoms with Crippen molar-refractivity contribution < 1.29 is 22.7 Å². The van der Waals surface area contributed by atoms with Crippen molar-refractivity contribution in [2.75, 3.05) is 20.3 Å². The van der Waals surface area contributed by atoms with E-state index in [4.69, 9.17) is 10.5 Å². The molecule has 1 saturated carbocycles. The van der Waals surface area contributed by atoms with Crippen molar-refractivity contribution in [3.63, 3.8) is 0 Å². The van der Waals surface area contributed by atoms with Crippen LogP contribution in [0.3, 0.4) is 0 Å². The number of hydrogen-bond acceptors (Lipinski definition) is 3. The van der Waals surface area contributed by atoms with Crippen molar-refractivity contribution in [3.8, 4) is 0 Å². The van der Waals surface area contributed by atoms with Crippen molar-refractivity contribution in [2.24, 2.45) is 17.6 Å². The van der Waals surface area contributed by atoms with Gasteiger partial charge in [0.15, 0.2) is 0 Å². The summed E-state index contributed by atoms with van der Waals surface area (Å²) in [6.45, 7) is 0.352. The van der Waals surface area contributed by atoms with Gasteiger partial charge in [-0.25, -0.2) is 0 Å². The molecule has 0 bridgehead atoms. The lowest BCUT2D eigenvalue weighted by Gasteiger charge is -2.30. The molecule has 1 aliphatic rings. The van der Waals surface area contributed by atoms with Gasteiger partial charge in [-0.1, -0.05) is 6.42 Å². The Kier molecular flexibility index (Phi) is 8.46. The molecule has 120 valence electrons. The van der Waals surface area contributed by atoms with Gasteiger partial charge in [-0.05, 0) is 25.2 Å². The van der Waals surface area contributed by atoms with E-state index in [1.165, 1.54) is 7.11 Å². The molecule has 4 nitrogen and oxygen atoms in total. The van der Waals surface area contributed by atoms with Gasteiger partial charge in [0.25, 0.3) is 0 Å². The number of nitrogens with one attached hydrogen (secondary N) is 1. The number of alkyl halides is 3. The molecule has 1 amide bonds. The van der Waals surface area contributed by atoms with Gasteiger partial charge in [-0.3, -0.25) is 4.79 Å². The Balaban J connectivity index is 0.00000361. The quantitative estimate of drug-likeness (QED) is 0.813. The third-order valence-electron chi connectivity index (χ3n) is 3.49. The molecule has 20 heavy (non-hydrogen) atoms. The zero-order valence-electron chi connectivity index (χ0n) is 11.4. The smallest absolute Gasteiger partial charge is 0.383 e. The molecule has 3 N–H and O–H groups in total. The fourth-order valence-corrected chi connectivity index (χ4v) is 2.40. The molecule has 0 spiro atoms. The third-order valence-corrected chi connectivity index (χ3v) is 3.49. The van der Waals surface area contributed by atoms with E-state index in [2.05, 4.69) is 5.32 Å². The summed E-state index contributed by atoms with van der Waals surface area (Å²) in [5.74, 6) is -1.74. The molecule has 0 aromatic carbocycles. The lowest BCUT2D eigenvalue weighted by molar-refractivity contribution is -0.185. The average Bonchev–Trinajstić information content (AvgIpc) is 2.35. The molecule has 3 atom stereocenters. The Hall–Kier alpha value is -0.530. The number of ether oxygens (including phenoxy) is 1. The Labute approximate surface area is 123 Å². The van der Waals surface area contributed by atoms with Crippen molar-refractivity contribution in [3.05, 3.63) is 0 Å². The maximum Gasteiger partial charge on any atom is 0.391 e. The van der Waals surface area contributed by atoms with E-state index >= 15 is 0 Å². The van der Waals surface area contributed by atoms with Crippen molar-refractivity contribution in [1.82, 2.24) is 5.32 Å². The second-order valence-electron chi connectivity index (χ2n) is 5.08. The highest BCUT2D eigenvalue weighted by molar-refractivity contribution is 5.85. The molecule has 0 saturated heterocycles. The molecule has 0 heterocycles. The molecule has 8 heteroatoms. The molecular weight excluding hydrogens is 297 g/mol. The van der Waals surface area contributed by atoms with Crippen molar-refractivity contribution in [2.45, 2.75) is 37.9 Å². The largest absolute Gasteiger partial charge is 0.391 e. The van der Waals surface area contributed by atoms with E-state index < -0.39 is 18.1 Å². The third kappa shape index (κ3) is 6.28. The number of halogens is 4. The normalized spacial score (nSPS) is 24.6. The summed E-state index contributed by atoms with van der Waals surface area (Å²) >= 11 is 0. The number of rotatable bonds is 5. The summed E-state index contributed by atoms with van der Waals surface area (Å²) in [5, 5.41) is 2.60. The molecule has 3 unspecified atom stereocenters. The second kappa shape index (κ2) is 8.69. The molecule has 1 fully saturated rings. The molecule has 1 rings (SSSR count). The van der Waals surface area contributed by atoms with E-state index in [9.17, 15) is 18.0 Å². The van der Waals surface area contributed by atoms with E-state index in [0.29, 0.717) is 12.8 Å². The summed E-state index contributed by atoms with van der Waals surface area (Å²) < 4.78 is 42.6. The van der Waals surface area contributed by atoms with Gasteiger partial charge in [0.05, 0.1) is 12.5 Å². The van der Waals surface area contributed by atoms with Gasteiger partial charge in [-0.2, -0.15) is 13.2 Å². The van der Waals surface area contributed by atoms with Gasteiger partial charge >= 0.3 is 6.18 Å². The zero-order chi connectivity index (χ0) is 14.5. The van der Waals surface area contributed by atoms with Crippen molar-refractivity contribution in [1.29, 1.82) is 0 Å². The summed E-state index contributed by atoms with van der Waals surface area (Å²) in [4.78, 5) is 11.5. The summed E-state index contributed by atoms with van der Waals surface area (Å²) in [6.07, 6.45) is -2.59. The van der Waals surface area contributed by atoms with Crippen LogP contribution in [0.2, 0.25) is 0 Å². The van der Waals surface area contributed by atoms with Crippen LogP contribution in [0, 0.1) is 11.8 Å². The van der Waals surface area contributed by atoms with Crippen LogP contribution in [0.25, 0.3) is 0 Å². The molecule has 0 aromatic heterocycles. The fraction of sp³-hybridized carbons (Fsp3) is 0.917. The Morgan fingerprint density at radius 3 is 2.65 bits per heavy atom. The van der Waals surface area contributed by atoms with Crippen LogP contribution >= 0.6 is 12.4 Å². The zero-order valence-corrected chi connectivity index (χ0v) is 12.2. The Bertz CT molecular complexity index is 303. The second-order valence-corrected chi connectivity index (χ2v) is 5.08. The number of carbonyl (C=O) groups is 1. The topological polar surface area (TPSA) is 64.3 Å². The highest BCUT2D eigenvalue weighted by Crippen LogP contribution is 2.39. The molecule has 0 aromatic rings. The van der Waals surface area contributed by atoms with Crippen molar-refractivity contribution >= 4 is 18.3 Å². The van der Waals surface area contributed by atoms with E-state index in [1.54, 1.807) is 0 Å². The first kappa shape index (κ1) is 19.5. The fourth-order valence-electron chi connectivity index (χ4n) is 2.40. The highest BCUT2D eigenvalue weighted by atomic mass is 35.5. The molecule has 0 aliphatic heterocycles. The summed E-state index contributed by atoms with van der Waals surface area (Å²) in [7, 11) is 1.43. The first-order valence-corrected chi connectivity index (χ1v) is 6.43. The number of hydrogen-bond donors (Lipinski definition) is 2. The highest BCUT2D eigenvalue weighted by Gasteiger charge is 2.42. The lowest BCUT2D eigenvalue weighted by Crippen LogP contribution is -2.45. The number of nitrogens with two attached hydrogens (primary N) is 1. The van der Waals surface area contributed by atoms with Crippen LogP contribution in [0.15, 0.2) is 0 Å². The van der Waals surface area contributed by atoms with Crippen LogP contribution in [0.5, 0.6) is 0 Å². The standard InChI is InChI=1S/C12H21F3N2O2.ClH/c1-19-7-10(16)11(18)17-6-8-3-2-4-9(5-8)12(13,14)15;/h8-10H,2-7,16H2,1H3,(H,17,18);1H. The van der Waals surface area contributed by atoms with Gasteiger partial charge in [-0.15, -0.1) is 12.4 Å². The summed E-state index contributed by atoms with van der Waals surface area (Å²) in [6, 6.07) is -0.771. The minimum Gasteiger partial charge on any atom is -0.383 e. The minimum atomic E-state index is -4.13. The molecule has 0 radical (unpaired) electrons. The lowest BCUT2D eigenvalue weighted by atomic mass is 9.81. The van der Waals surface area contributed by atoms with Crippen LogP contribution < -0.4 is 11.1 Å². The Morgan fingerprint density at radius 2 is 2.10 bits per heavy atom. The van der Waals surface area contributed by atoms with E-state index in [0.717, 1.165) is 0 Å². The predicted molar refractivity (Wildman–Crippen MR) is 71.6 cm³/mol. The van der Waals surface area contributed by atoms with Crippen LogP contribution in [0.4, 0.5) is 13.2 Å². The van der Waals surface area contributed by atoms with Gasteiger partial charge in [0.1, 0.15) is 6.04 Å². The molecular formula is C12H22ClF3N2O2. The predicted octanol–water partition coefficient (Wildman–Crippen LogP) is 1.87. The van der Waals surface area contributed by atoms with Crippen LogP contribution in [0.1, 0.15) is 25.7 Å². The summed E-state index contributed by atoms with van der Waals surface area (Å²) in [5.41, 5.74) is 5.52. The number of amides is 1. The first-order valence-electron chi connectivity index (χ1n) is 6.43. The maximum atomic E-state index is 12.6. The number of carbonyl (C=O) groups excluding carboxylic acids is 1. The average molecular weight is 319 g/mol. The van der Waals surface area contributed by atoms with Gasteiger partial charge in [0.2, 0.25) is 5.91 Å². The molecule has 1 aliphatic carbocycles. The Morgan fingerprint density at radius 1 is 1.45 bits per heavy atom.